The SMILES string of the molecule is CC1(C)CCC[C@@]2(C)[C@H]1CC[C@@]13C=C[C@@](C)(CC[C@@H]12)C3. The van der Waals surface area contributed by atoms with E-state index in [1.165, 1.54) is 51.4 Å². The Labute approximate surface area is 125 Å². The topological polar surface area (TPSA) is 0 Å². The minimum absolute atomic E-state index is 0.546. The first-order valence-electron chi connectivity index (χ1n) is 9.00. The molecule has 1 spiro atoms. The monoisotopic (exact) mass is 272 g/mol. The third kappa shape index (κ3) is 1.54. The molecule has 0 nitrogen and oxygen atoms in total. The van der Waals surface area contributed by atoms with Crippen molar-refractivity contribution >= 4 is 0 Å². The van der Waals surface area contributed by atoms with Crippen molar-refractivity contribution in [2.45, 2.75) is 79.1 Å². The van der Waals surface area contributed by atoms with Gasteiger partial charge in [-0.2, -0.15) is 0 Å². The van der Waals surface area contributed by atoms with Crippen LogP contribution in [-0.4, -0.2) is 0 Å². The normalized spacial score (nSPS) is 56.2. The molecule has 3 saturated carbocycles. The van der Waals surface area contributed by atoms with Gasteiger partial charge < -0.3 is 0 Å². The molecule has 4 aliphatic rings. The molecule has 0 aliphatic heterocycles. The van der Waals surface area contributed by atoms with Gasteiger partial charge in [0.25, 0.3) is 0 Å². The largest absolute Gasteiger partial charge is 0.0820 e. The zero-order chi connectivity index (χ0) is 14.2. The number of allylic oxidation sites excluding steroid dienone is 2. The molecule has 5 atom stereocenters. The van der Waals surface area contributed by atoms with Crippen molar-refractivity contribution in [1.82, 2.24) is 0 Å². The van der Waals surface area contributed by atoms with E-state index in [1.807, 2.05) is 0 Å². The fourth-order valence-corrected chi connectivity index (χ4v) is 7.46. The van der Waals surface area contributed by atoms with Gasteiger partial charge in [-0.05, 0) is 78.4 Å². The average molecular weight is 272 g/mol. The van der Waals surface area contributed by atoms with E-state index in [1.54, 1.807) is 0 Å². The zero-order valence-electron chi connectivity index (χ0n) is 14.0. The summed E-state index contributed by atoms with van der Waals surface area (Å²) in [5.41, 5.74) is 2.34. The van der Waals surface area contributed by atoms with Crippen LogP contribution in [0.3, 0.4) is 0 Å². The van der Waals surface area contributed by atoms with Crippen molar-refractivity contribution in [1.29, 1.82) is 0 Å². The molecule has 112 valence electrons. The predicted octanol–water partition coefficient (Wildman–Crippen LogP) is 5.98. The summed E-state index contributed by atoms with van der Waals surface area (Å²) >= 11 is 0. The fourth-order valence-electron chi connectivity index (χ4n) is 7.46. The Balaban J connectivity index is 1.75. The van der Waals surface area contributed by atoms with E-state index in [0.29, 0.717) is 21.7 Å². The second-order valence-corrected chi connectivity index (χ2v) is 9.93. The Morgan fingerprint density at radius 2 is 1.55 bits per heavy atom. The third-order valence-corrected chi connectivity index (χ3v) is 8.22. The van der Waals surface area contributed by atoms with Gasteiger partial charge in [0.15, 0.2) is 0 Å². The summed E-state index contributed by atoms with van der Waals surface area (Å²) < 4.78 is 0. The summed E-state index contributed by atoms with van der Waals surface area (Å²) in [6, 6.07) is 0. The van der Waals surface area contributed by atoms with E-state index in [0.717, 1.165) is 11.8 Å². The summed E-state index contributed by atoms with van der Waals surface area (Å²) in [5, 5.41) is 0. The maximum atomic E-state index is 2.69. The molecule has 4 rings (SSSR count). The Kier molecular flexibility index (Phi) is 2.50. The molecule has 0 saturated heterocycles. The molecule has 0 heteroatoms. The molecule has 0 aromatic carbocycles. The number of hydrogen-bond donors (Lipinski definition) is 0. The lowest BCUT2D eigenvalue weighted by atomic mass is 9.40. The van der Waals surface area contributed by atoms with Crippen molar-refractivity contribution in [2.24, 2.45) is 33.5 Å². The van der Waals surface area contributed by atoms with Crippen LogP contribution >= 0.6 is 0 Å². The van der Waals surface area contributed by atoms with E-state index >= 15 is 0 Å². The maximum absolute atomic E-state index is 2.69. The molecule has 0 N–H and O–H groups in total. The second-order valence-electron chi connectivity index (χ2n) is 9.93. The van der Waals surface area contributed by atoms with Crippen LogP contribution in [0.5, 0.6) is 0 Å². The van der Waals surface area contributed by atoms with Crippen LogP contribution < -0.4 is 0 Å². The Hall–Kier alpha value is -0.260. The van der Waals surface area contributed by atoms with Gasteiger partial charge in [0.2, 0.25) is 0 Å². The van der Waals surface area contributed by atoms with Crippen LogP contribution in [0, 0.1) is 33.5 Å². The van der Waals surface area contributed by atoms with Crippen molar-refractivity contribution < 1.29 is 0 Å². The van der Waals surface area contributed by atoms with Crippen molar-refractivity contribution in [3.63, 3.8) is 0 Å². The van der Waals surface area contributed by atoms with Gasteiger partial charge in [0, 0.05) is 0 Å². The first-order chi connectivity index (χ1) is 9.30. The lowest BCUT2D eigenvalue weighted by molar-refractivity contribution is -0.139. The molecular formula is C20H32. The molecule has 0 aromatic rings. The van der Waals surface area contributed by atoms with Crippen LogP contribution in [0.1, 0.15) is 79.1 Å². The average Bonchev–Trinajstić information content (AvgIpc) is 2.58. The molecule has 0 unspecified atom stereocenters. The molecule has 20 heavy (non-hydrogen) atoms. The number of fused-ring (bicyclic) bond motifs is 3. The van der Waals surface area contributed by atoms with E-state index in [2.05, 4.69) is 39.8 Å². The first-order valence-corrected chi connectivity index (χ1v) is 9.00. The minimum atomic E-state index is 0.546. The highest BCUT2D eigenvalue weighted by Crippen LogP contribution is 2.71. The first kappa shape index (κ1) is 13.4. The summed E-state index contributed by atoms with van der Waals surface area (Å²) in [6.07, 6.45) is 17.1. The summed E-state index contributed by atoms with van der Waals surface area (Å²) in [4.78, 5) is 0. The molecule has 0 amide bonds. The number of rotatable bonds is 0. The summed E-state index contributed by atoms with van der Waals surface area (Å²) in [7, 11) is 0. The lowest BCUT2D eigenvalue weighted by Gasteiger charge is -2.64. The van der Waals surface area contributed by atoms with Crippen LogP contribution in [0.4, 0.5) is 0 Å². The highest BCUT2D eigenvalue weighted by Gasteiger charge is 2.62. The zero-order valence-corrected chi connectivity index (χ0v) is 14.0. The standard InChI is InChI=1S/C20H32/c1-17(2)8-5-9-19(4)15(17)7-11-20-13-12-18(3,14-20)10-6-16(19)20/h12-13,15-16H,5-11,14H2,1-4H3/t15-,16+,18+,19-,20-/m0/s1. The molecule has 0 radical (unpaired) electrons. The molecule has 2 bridgehead atoms. The molecule has 0 aromatic heterocycles. The second kappa shape index (κ2) is 3.73. The maximum Gasteiger partial charge on any atom is -0.00762 e. The Morgan fingerprint density at radius 1 is 0.800 bits per heavy atom. The van der Waals surface area contributed by atoms with Crippen LogP contribution in [-0.2, 0) is 0 Å². The summed E-state index contributed by atoms with van der Waals surface area (Å²) in [6.45, 7) is 10.3. The van der Waals surface area contributed by atoms with E-state index in [-0.39, 0.29) is 0 Å². The van der Waals surface area contributed by atoms with Gasteiger partial charge >= 0.3 is 0 Å². The highest BCUT2D eigenvalue weighted by molar-refractivity contribution is 5.25. The summed E-state index contributed by atoms with van der Waals surface area (Å²) in [5.74, 6) is 1.94. The van der Waals surface area contributed by atoms with Gasteiger partial charge in [0.05, 0.1) is 0 Å². The lowest BCUT2D eigenvalue weighted by Crippen LogP contribution is -2.56. The third-order valence-electron chi connectivity index (χ3n) is 8.22. The van der Waals surface area contributed by atoms with Gasteiger partial charge in [0.1, 0.15) is 0 Å². The predicted molar refractivity (Wildman–Crippen MR) is 85.5 cm³/mol. The van der Waals surface area contributed by atoms with E-state index in [9.17, 15) is 0 Å². The van der Waals surface area contributed by atoms with Crippen LogP contribution in [0.25, 0.3) is 0 Å². The molecule has 4 aliphatic carbocycles. The molecule has 0 heterocycles. The molecule has 3 fully saturated rings. The van der Waals surface area contributed by atoms with Gasteiger partial charge in [-0.25, -0.2) is 0 Å². The van der Waals surface area contributed by atoms with E-state index in [4.69, 9.17) is 0 Å². The smallest absolute Gasteiger partial charge is 0.00762 e. The fraction of sp³-hybridized carbons (Fsp3) is 0.900. The highest BCUT2D eigenvalue weighted by atomic mass is 14.7. The Morgan fingerprint density at radius 3 is 2.35 bits per heavy atom. The Bertz CT molecular complexity index is 459. The number of hydrogen-bond acceptors (Lipinski definition) is 0. The van der Waals surface area contributed by atoms with Gasteiger partial charge in [-0.15, -0.1) is 0 Å². The quantitative estimate of drug-likeness (QED) is 0.476. The van der Waals surface area contributed by atoms with E-state index < -0.39 is 0 Å². The van der Waals surface area contributed by atoms with Gasteiger partial charge in [-0.3, -0.25) is 0 Å². The molecular weight excluding hydrogens is 240 g/mol. The minimum Gasteiger partial charge on any atom is -0.0820 e. The van der Waals surface area contributed by atoms with Crippen LogP contribution in [0.2, 0.25) is 0 Å². The van der Waals surface area contributed by atoms with Gasteiger partial charge in [-0.1, -0.05) is 46.3 Å². The van der Waals surface area contributed by atoms with Crippen molar-refractivity contribution in [3.05, 3.63) is 12.2 Å². The van der Waals surface area contributed by atoms with Crippen LogP contribution in [0.15, 0.2) is 12.2 Å². The van der Waals surface area contributed by atoms with Crippen molar-refractivity contribution in [2.75, 3.05) is 0 Å². The van der Waals surface area contributed by atoms with Crippen molar-refractivity contribution in [3.8, 4) is 0 Å².